The monoisotopic (exact) mass is 272 g/mol. The molecule has 0 heterocycles. The maximum absolute atomic E-state index is 13.5. The third kappa shape index (κ3) is 2.58. The van der Waals surface area contributed by atoms with Gasteiger partial charge in [0, 0.05) is 10.9 Å². The van der Waals surface area contributed by atoms with Crippen LogP contribution in [0.3, 0.4) is 0 Å². The molecular formula is C12H14BrFO. The number of hydrogen-bond acceptors (Lipinski definition) is 1. The first-order chi connectivity index (χ1) is 7.09. The van der Waals surface area contributed by atoms with Gasteiger partial charge in [0.25, 0.3) is 0 Å². The van der Waals surface area contributed by atoms with Gasteiger partial charge < -0.3 is 5.11 Å². The van der Waals surface area contributed by atoms with Crippen LogP contribution in [0.1, 0.15) is 31.2 Å². The van der Waals surface area contributed by atoms with E-state index in [1.54, 1.807) is 12.1 Å². The molecule has 0 radical (unpaired) electrons. The van der Waals surface area contributed by atoms with Crippen molar-refractivity contribution < 1.29 is 9.50 Å². The van der Waals surface area contributed by atoms with Crippen LogP contribution in [0.25, 0.3) is 0 Å². The van der Waals surface area contributed by atoms with Crippen molar-refractivity contribution in [1.29, 1.82) is 0 Å². The molecule has 0 aliphatic heterocycles. The van der Waals surface area contributed by atoms with Gasteiger partial charge in [-0.2, -0.15) is 0 Å². The summed E-state index contributed by atoms with van der Waals surface area (Å²) in [6, 6.07) is 4.88. The first-order valence-corrected chi connectivity index (χ1v) is 6.05. The Balaban J connectivity index is 2.19. The average Bonchev–Trinajstić information content (AvgIpc) is 2.59. The summed E-state index contributed by atoms with van der Waals surface area (Å²) >= 11 is 3.32. The van der Waals surface area contributed by atoms with Crippen molar-refractivity contribution in [3.8, 4) is 0 Å². The Morgan fingerprint density at radius 2 is 2.00 bits per heavy atom. The molecule has 1 aliphatic rings. The zero-order valence-corrected chi connectivity index (χ0v) is 10.1. The Kier molecular flexibility index (Phi) is 3.12. The van der Waals surface area contributed by atoms with Crippen LogP contribution in [-0.4, -0.2) is 10.7 Å². The molecule has 1 aliphatic carbocycles. The van der Waals surface area contributed by atoms with Gasteiger partial charge in [-0.15, -0.1) is 0 Å². The number of aliphatic hydroxyl groups is 1. The Bertz CT molecular complexity index is 359. The second-order valence-electron chi connectivity index (χ2n) is 4.34. The molecule has 0 spiro atoms. The van der Waals surface area contributed by atoms with Crippen LogP contribution in [-0.2, 0) is 6.42 Å². The first-order valence-electron chi connectivity index (χ1n) is 5.25. The number of halogens is 2. The van der Waals surface area contributed by atoms with Gasteiger partial charge in [-0.05, 0) is 36.6 Å². The van der Waals surface area contributed by atoms with Crippen LogP contribution in [0, 0.1) is 5.82 Å². The van der Waals surface area contributed by atoms with E-state index >= 15 is 0 Å². The summed E-state index contributed by atoms with van der Waals surface area (Å²) in [6.45, 7) is 0. The quantitative estimate of drug-likeness (QED) is 0.875. The van der Waals surface area contributed by atoms with E-state index in [-0.39, 0.29) is 5.82 Å². The lowest BCUT2D eigenvalue weighted by Crippen LogP contribution is -2.27. The number of benzene rings is 1. The van der Waals surface area contributed by atoms with E-state index in [2.05, 4.69) is 15.9 Å². The molecule has 2 rings (SSSR count). The highest BCUT2D eigenvalue weighted by molar-refractivity contribution is 9.10. The van der Waals surface area contributed by atoms with Gasteiger partial charge in [-0.3, -0.25) is 0 Å². The second kappa shape index (κ2) is 4.22. The fourth-order valence-electron chi connectivity index (χ4n) is 2.24. The second-order valence-corrected chi connectivity index (χ2v) is 5.26. The maximum atomic E-state index is 13.5. The lowest BCUT2D eigenvalue weighted by molar-refractivity contribution is 0.0473. The van der Waals surface area contributed by atoms with Crippen LogP contribution >= 0.6 is 15.9 Å². The topological polar surface area (TPSA) is 20.2 Å². The van der Waals surface area contributed by atoms with E-state index in [0.29, 0.717) is 12.0 Å². The van der Waals surface area contributed by atoms with E-state index in [0.717, 1.165) is 30.2 Å². The van der Waals surface area contributed by atoms with Gasteiger partial charge in [-0.25, -0.2) is 4.39 Å². The van der Waals surface area contributed by atoms with Crippen LogP contribution < -0.4 is 0 Å². The smallest absolute Gasteiger partial charge is 0.126 e. The first kappa shape index (κ1) is 11.1. The predicted octanol–water partition coefficient (Wildman–Crippen LogP) is 3.44. The minimum Gasteiger partial charge on any atom is -0.390 e. The number of hydrogen-bond donors (Lipinski definition) is 1. The summed E-state index contributed by atoms with van der Waals surface area (Å²) in [5.74, 6) is -0.224. The summed E-state index contributed by atoms with van der Waals surface area (Å²) in [5.41, 5.74) is -0.0736. The zero-order chi connectivity index (χ0) is 10.9. The van der Waals surface area contributed by atoms with Gasteiger partial charge in [0.15, 0.2) is 0 Å². The highest BCUT2D eigenvalue weighted by Crippen LogP contribution is 2.33. The molecule has 1 saturated carbocycles. The minimum atomic E-state index is -0.679. The molecule has 0 saturated heterocycles. The van der Waals surface area contributed by atoms with E-state index in [9.17, 15) is 9.50 Å². The van der Waals surface area contributed by atoms with Crippen molar-refractivity contribution in [1.82, 2.24) is 0 Å². The van der Waals surface area contributed by atoms with Crippen molar-refractivity contribution in [2.45, 2.75) is 37.7 Å². The third-order valence-corrected chi connectivity index (χ3v) is 3.55. The summed E-state index contributed by atoms with van der Waals surface area (Å²) in [7, 11) is 0. The predicted molar refractivity (Wildman–Crippen MR) is 61.2 cm³/mol. The molecule has 0 amide bonds. The molecule has 1 N–H and O–H groups in total. The van der Waals surface area contributed by atoms with E-state index in [4.69, 9.17) is 0 Å². The highest BCUT2D eigenvalue weighted by atomic mass is 79.9. The Morgan fingerprint density at radius 1 is 1.33 bits per heavy atom. The van der Waals surface area contributed by atoms with Crippen LogP contribution in [0.5, 0.6) is 0 Å². The Morgan fingerprint density at radius 3 is 2.67 bits per heavy atom. The van der Waals surface area contributed by atoms with E-state index in [1.807, 2.05) is 0 Å². The molecule has 0 atom stereocenters. The van der Waals surface area contributed by atoms with E-state index in [1.165, 1.54) is 6.07 Å². The molecule has 82 valence electrons. The molecule has 1 fully saturated rings. The van der Waals surface area contributed by atoms with E-state index < -0.39 is 5.60 Å². The van der Waals surface area contributed by atoms with Gasteiger partial charge in [0.05, 0.1) is 5.60 Å². The summed E-state index contributed by atoms with van der Waals surface area (Å²) in [4.78, 5) is 0. The molecule has 0 aromatic heterocycles. The van der Waals surface area contributed by atoms with Gasteiger partial charge in [-0.1, -0.05) is 28.8 Å². The van der Waals surface area contributed by atoms with Crippen molar-refractivity contribution >= 4 is 15.9 Å². The van der Waals surface area contributed by atoms with Crippen LogP contribution in [0.4, 0.5) is 4.39 Å². The largest absolute Gasteiger partial charge is 0.390 e. The summed E-state index contributed by atoms with van der Waals surface area (Å²) < 4.78 is 14.3. The van der Waals surface area contributed by atoms with Gasteiger partial charge in [0.1, 0.15) is 5.82 Å². The van der Waals surface area contributed by atoms with Gasteiger partial charge >= 0.3 is 0 Å². The molecule has 3 heteroatoms. The van der Waals surface area contributed by atoms with Crippen molar-refractivity contribution in [3.05, 3.63) is 34.1 Å². The number of rotatable bonds is 2. The lowest BCUT2D eigenvalue weighted by Gasteiger charge is -2.22. The average molecular weight is 273 g/mol. The van der Waals surface area contributed by atoms with Gasteiger partial charge in [0.2, 0.25) is 0 Å². The Hall–Kier alpha value is -0.410. The molecule has 0 unspecified atom stereocenters. The van der Waals surface area contributed by atoms with Crippen molar-refractivity contribution in [3.63, 3.8) is 0 Å². The summed E-state index contributed by atoms with van der Waals surface area (Å²) in [5, 5.41) is 10.2. The SMILES string of the molecule is OC1(Cc2cc(Br)ccc2F)CCCC1. The fourth-order valence-corrected chi connectivity index (χ4v) is 2.65. The van der Waals surface area contributed by atoms with Crippen molar-refractivity contribution in [2.75, 3.05) is 0 Å². The maximum Gasteiger partial charge on any atom is 0.126 e. The molecule has 1 nitrogen and oxygen atoms in total. The van der Waals surface area contributed by atoms with Crippen LogP contribution in [0.2, 0.25) is 0 Å². The fraction of sp³-hybridized carbons (Fsp3) is 0.500. The molecular weight excluding hydrogens is 259 g/mol. The molecule has 1 aromatic rings. The normalized spacial score (nSPS) is 19.4. The molecule has 15 heavy (non-hydrogen) atoms. The van der Waals surface area contributed by atoms with Crippen LogP contribution in [0.15, 0.2) is 22.7 Å². The zero-order valence-electron chi connectivity index (χ0n) is 8.47. The lowest BCUT2D eigenvalue weighted by atomic mass is 9.93. The third-order valence-electron chi connectivity index (χ3n) is 3.06. The van der Waals surface area contributed by atoms with Crippen molar-refractivity contribution in [2.24, 2.45) is 0 Å². The molecule has 1 aromatic carbocycles. The minimum absolute atomic E-state index is 0.224. The standard InChI is InChI=1S/C12H14BrFO/c13-10-3-4-11(14)9(7-10)8-12(15)5-1-2-6-12/h3-4,7,15H,1-2,5-6,8H2. The highest BCUT2D eigenvalue weighted by Gasteiger charge is 2.31. The molecule has 0 bridgehead atoms. The Labute approximate surface area is 97.4 Å². The summed E-state index contributed by atoms with van der Waals surface area (Å²) in [6.07, 6.45) is 4.11.